The van der Waals surface area contributed by atoms with Gasteiger partial charge >= 0.3 is 0 Å². The van der Waals surface area contributed by atoms with Gasteiger partial charge in [0, 0.05) is 18.3 Å². The van der Waals surface area contributed by atoms with Crippen molar-refractivity contribution in [3.05, 3.63) is 24.3 Å². The summed E-state index contributed by atoms with van der Waals surface area (Å²) in [6.07, 6.45) is 2.59. The third-order valence-corrected chi connectivity index (χ3v) is 3.72. The summed E-state index contributed by atoms with van der Waals surface area (Å²) in [6, 6.07) is 7.66. The molecule has 0 radical (unpaired) electrons. The molecule has 0 saturated carbocycles. The van der Waals surface area contributed by atoms with Crippen LogP contribution in [-0.4, -0.2) is 50.1 Å². The minimum absolute atomic E-state index is 0.0200. The van der Waals surface area contributed by atoms with E-state index in [1.54, 1.807) is 7.11 Å². The number of ether oxygens (including phenoxy) is 1. The molecule has 1 aliphatic heterocycles. The minimum atomic E-state index is -0.0200. The molecule has 5 heteroatoms. The van der Waals surface area contributed by atoms with Crippen LogP contribution in [0.3, 0.4) is 0 Å². The third kappa shape index (κ3) is 5.36. The van der Waals surface area contributed by atoms with Gasteiger partial charge in [-0.25, -0.2) is 0 Å². The molecular weight excluding hydrogens is 266 g/mol. The first-order valence-corrected chi connectivity index (χ1v) is 7.57. The molecule has 21 heavy (non-hydrogen) atoms. The molecular formula is C16H25N3O2. The maximum atomic E-state index is 11.9. The van der Waals surface area contributed by atoms with Crippen molar-refractivity contribution in [2.45, 2.75) is 25.8 Å². The lowest BCUT2D eigenvalue weighted by Crippen LogP contribution is -2.41. The summed E-state index contributed by atoms with van der Waals surface area (Å²) < 4.78 is 5.09. The highest BCUT2D eigenvalue weighted by Gasteiger charge is 2.14. The number of carbonyl (C=O) groups is 1. The number of benzene rings is 1. The molecule has 0 spiro atoms. The van der Waals surface area contributed by atoms with Crippen LogP contribution in [0.2, 0.25) is 0 Å². The molecule has 0 bridgehead atoms. The van der Waals surface area contributed by atoms with Gasteiger partial charge in [0.25, 0.3) is 0 Å². The maximum Gasteiger partial charge on any atom is 0.238 e. The van der Waals surface area contributed by atoms with E-state index in [0.29, 0.717) is 12.6 Å². The molecule has 1 heterocycles. The predicted octanol–water partition coefficient (Wildman–Crippen LogP) is 1.71. The number of hydrogen-bond donors (Lipinski definition) is 2. The summed E-state index contributed by atoms with van der Waals surface area (Å²) in [5.74, 6) is 0.763. The number of carbonyl (C=O) groups excluding carboxylic acids is 1. The van der Waals surface area contributed by atoms with Gasteiger partial charge in [0.05, 0.1) is 13.7 Å². The first kappa shape index (κ1) is 15.8. The Kier molecular flexibility index (Phi) is 6.02. The van der Waals surface area contributed by atoms with Gasteiger partial charge in [-0.15, -0.1) is 0 Å². The highest BCUT2D eigenvalue weighted by molar-refractivity contribution is 5.92. The third-order valence-electron chi connectivity index (χ3n) is 3.72. The van der Waals surface area contributed by atoms with E-state index in [4.69, 9.17) is 4.74 Å². The van der Waals surface area contributed by atoms with E-state index in [9.17, 15) is 4.79 Å². The minimum Gasteiger partial charge on any atom is -0.497 e. The summed E-state index contributed by atoms with van der Waals surface area (Å²) in [5.41, 5.74) is 0.787. The van der Waals surface area contributed by atoms with Crippen molar-refractivity contribution in [1.29, 1.82) is 0 Å². The van der Waals surface area contributed by atoms with Gasteiger partial charge in [-0.1, -0.05) is 0 Å². The van der Waals surface area contributed by atoms with Gasteiger partial charge in [0.15, 0.2) is 0 Å². The summed E-state index contributed by atoms with van der Waals surface area (Å²) in [4.78, 5) is 14.3. The Morgan fingerprint density at radius 1 is 1.29 bits per heavy atom. The van der Waals surface area contributed by atoms with Gasteiger partial charge in [-0.05, 0) is 57.1 Å². The van der Waals surface area contributed by atoms with Crippen molar-refractivity contribution in [3.63, 3.8) is 0 Å². The Morgan fingerprint density at radius 3 is 2.57 bits per heavy atom. The van der Waals surface area contributed by atoms with Gasteiger partial charge < -0.3 is 20.3 Å². The van der Waals surface area contributed by atoms with Crippen LogP contribution in [0.5, 0.6) is 5.75 Å². The fraction of sp³-hybridized carbons (Fsp3) is 0.562. The zero-order valence-electron chi connectivity index (χ0n) is 12.9. The molecule has 1 saturated heterocycles. The molecule has 1 atom stereocenters. The largest absolute Gasteiger partial charge is 0.497 e. The van der Waals surface area contributed by atoms with Crippen LogP contribution in [0.1, 0.15) is 19.8 Å². The number of amides is 1. The number of nitrogens with one attached hydrogen (secondary N) is 2. The molecule has 116 valence electrons. The Labute approximate surface area is 126 Å². The van der Waals surface area contributed by atoms with Crippen LogP contribution in [0, 0.1) is 0 Å². The summed E-state index contributed by atoms with van der Waals surface area (Å²) >= 11 is 0. The van der Waals surface area contributed by atoms with Crippen molar-refractivity contribution in [3.8, 4) is 5.75 Å². The van der Waals surface area contributed by atoms with Crippen LogP contribution >= 0.6 is 0 Å². The summed E-state index contributed by atoms with van der Waals surface area (Å²) in [5, 5.41) is 6.15. The molecule has 1 amide bonds. The number of likely N-dealkylation sites (tertiary alicyclic amines) is 1. The molecule has 0 aliphatic carbocycles. The van der Waals surface area contributed by atoms with Crippen molar-refractivity contribution in [1.82, 2.24) is 10.2 Å². The Balaban J connectivity index is 1.68. The summed E-state index contributed by atoms with van der Waals surface area (Å²) in [6.45, 7) is 5.84. The van der Waals surface area contributed by atoms with Gasteiger partial charge in [0.1, 0.15) is 5.75 Å². The standard InChI is InChI=1S/C16H25N3O2/c1-13(12-19-9-3-4-10-19)17-11-16(20)18-14-5-7-15(21-2)8-6-14/h5-8,13,17H,3-4,9-12H2,1-2H3,(H,18,20). The van der Waals surface area contributed by atoms with E-state index in [1.165, 1.54) is 25.9 Å². The topological polar surface area (TPSA) is 53.6 Å². The first-order chi connectivity index (χ1) is 10.2. The Morgan fingerprint density at radius 2 is 1.95 bits per heavy atom. The van der Waals surface area contributed by atoms with E-state index in [0.717, 1.165) is 18.0 Å². The predicted molar refractivity (Wildman–Crippen MR) is 84.8 cm³/mol. The molecule has 0 aromatic heterocycles. The number of nitrogens with zero attached hydrogens (tertiary/aromatic N) is 1. The molecule has 1 aromatic rings. The van der Waals surface area contributed by atoms with Crippen molar-refractivity contribution in [2.24, 2.45) is 0 Å². The molecule has 1 fully saturated rings. The lowest BCUT2D eigenvalue weighted by molar-refractivity contribution is -0.115. The quantitative estimate of drug-likeness (QED) is 0.803. The van der Waals surface area contributed by atoms with Gasteiger partial charge in [-0.2, -0.15) is 0 Å². The normalized spacial score (nSPS) is 16.7. The van der Waals surface area contributed by atoms with E-state index in [-0.39, 0.29) is 5.91 Å². The smallest absolute Gasteiger partial charge is 0.238 e. The second kappa shape index (κ2) is 8.00. The zero-order valence-corrected chi connectivity index (χ0v) is 12.9. The Bertz CT molecular complexity index is 441. The zero-order chi connectivity index (χ0) is 15.1. The number of anilines is 1. The molecule has 2 rings (SSSR count). The maximum absolute atomic E-state index is 11.9. The second-order valence-corrected chi connectivity index (χ2v) is 5.57. The monoisotopic (exact) mass is 291 g/mol. The van der Waals surface area contributed by atoms with E-state index in [1.807, 2.05) is 24.3 Å². The fourth-order valence-electron chi connectivity index (χ4n) is 2.56. The molecule has 1 aliphatic rings. The van der Waals surface area contributed by atoms with Gasteiger partial charge in [-0.3, -0.25) is 4.79 Å². The lowest BCUT2D eigenvalue weighted by Gasteiger charge is -2.21. The molecule has 5 nitrogen and oxygen atoms in total. The molecule has 2 N–H and O–H groups in total. The molecule has 1 aromatic carbocycles. The van der Waals surface area contributed by atoms with Crippen LogP contribution in [-0.2, 0) is 4.79 Å². The van der Waals surface area contributed by atoms with Gasteiger partial charge in [0.2, 0.25) is 5.91 Å². The average Bonchev–Trinajstić information content (AvgIpc) is 2.99. The number of rotatable bonds is 7. The SMILES string of the molecule is COc1ccc(NC(=O)CNC(C)CN2CCCC2)cc1. The highest BCUT2D eigenvalue weighted by Crippen LogP contribution is 2.14. The lowest BCUT2D eigenvalue weighted by atomic mass is 10.3. The highest BCUT2D eigenvalue weighted by atomic mass is 16.5. The average molecular weight is 291 g/mol. The van der Waals surface area contributed by atoms with Crippen molar-refractivity contribution < 1.29 is 9.53 Å². The van der Waals surface area contributed by atoms with Crippen LogP contribution in [0.15, 0.2) is 24.3 Å². The van der Waals surface area contributed by atoms with Crippen molar-refractivity contribution in [2.75, 3.05) is 38.6 Å². The van der Waals surface area contributed by atoms with Crippen LogP contribution in [0.4, 0.5) is 5.69 Å². The van der Waals surface area contributed by atoms with E-state index < -0.39 is 0 Å². The van der Waals surface area contributed by atoms with Crippen LogP contribution < -0.4 is 15.4 Å². The second-order valence-electron chi connectivity index (χ2n) is 5.57. The first-order valence-electron chi connectivity index (χ1n) is 7.57. The Hall–Kier alpha value is -1.59. The van der Waals surface area contributed by atoms with E-state index >= 15 is 0 Å². The van der Waals surface area contributed by atoms with E-state index in [2.05, 4.69) is 22.5 Å². The number of methoxy groups -OCH3 is 1. The van der Waals surface area contributed by atoms with Crippen molar-refractivity contribution >= 4 is 11.6 Å². The van der Waals surface area contributed by atoms with Crippen LogP contribution in [0.25, 0.3) is 0 Å². The number of hydrogen-bond acceptors (Lipinski definition) is 4. The summed E-state index contributed by atoms with van der Waals surface area (Å²) in [7, 11) is 1.62. The molecule has 1 unspecified atom stereocenters. The fourth-order valence-corrected chi connectivity index (χ4v) is 2.56.